The molecule has 0 aliphatic rings. The Morgan fingerprint density at radius 1 is 1.40 bits per heavy atom. The normalized spacial score (nSPS) is 12.1. The van der Waals surface area contributed by atoms with Crippen LogP contribution in [-0.4, -0.2) is 30.2 Å². The van der Waals surface area contributed by atoms with Gasteiger partial charge in [0.1, 0.15) is 0 Å². The average molecular weight is 209 g/mol. The number of carbonyl (C=O) groups excluding carboxylic acids is 1. The molecule has 5 N–H and O–H groups in total. The van der Waals surface area contributed by atoms with Gasteiger partial charge in [0.2, 0.25) is 0 Å². The van der Waals surface area contributed by atoms with Gasteiger partial charge in [0.15, 0.2) is 6.04 Å². The monoisotopic (exact) mass is 209 g/mol. The Morgan fingerprint density at radius 3 is 2.67 bits per heavy atom. The third-order valence-corrected chi connectivity index (χ3v) is 2.11. The summed E-state index contributed by atoms with van der Waals surface area (Å²) in [5, 5.41) is 11.2. The minimum absolute atomic E-state index is 0.0379. The lowest BCUT2D eigenvalue weighted by atomic mass is 10.1. The molecular weight excluding hydrogens is 192 g/mol. The van der Waals surface area contributed by atoms with Crippen LogP contribution in [0, 0.1) is 0 Å². The van der Waals surface area contributed by atoms with Gasteiger partial charge in [-0.2, -0.15) is 0 Å². The highest BCUT2D eigenvalue weighted by molar-refractivity contribution is 5.80. The maximum atomic E-state index is 11.4. The molecule has 0 saturated heterocycles. The zero-order valence-electron chi connectivity index (χ0n) is 8.65. The first-order valence-corrected chi connectivity index (χ1v) is 4.99. The van der Waals surface area contributed by atoms with E-state index in [0.29, 0.717) is 13.0 Å². The molecule has 1 aromatic rings. The van der Waals surface area contributed by atoms with Crippen LogP contribution in [-0.2, 0) is 11.2 Å². The molecule has 1 atom stereocenters. The molecule has 0 aromatic heterocycles. The highest BCUT2D eigenvalue weighted by Crippen LogP contribution is 2.00. The summed E-state index contributed by atoms with van der Waals surface area (Å²) in [4.78, 5) is 11.4. The van der Waals surface area contributed by atoms with Gasteiger partial charge >= 0.3 is 0 Å². The lowest BCUT2D eigenvalue weighted by Gasteiger charge is -2.08. The average Bonchev–Trinajstić information content (AvgIpc) is 2.27. The van der Waals surface area contributed by atoms with E-state index in [1.807, 2.05) is 30.3 Å². The van der Waals surface area contributed by atoms with Gasteiger partial charge in [0, 0.05) is 13.0 Å². The number of carbonyl (C=O) groups is 1. The van der Waals surface area contributed by atoms with Crippen LogP contribution in [0.15, 0.2) is 30.3 Å². The number of hydrogen-bond donors (Lipinski definition) is 3. The first kappa shape index (κ1) is 11.7. The summed E-state index contributed by atoms with van der Waals surface area (Å²) in [6.07, 6.45) is 0.623. The summed E-state index contributed by atoms with van der Waals surface area (Å²) < 4.78 is 0. The molecule has 1 rings (SSSR count). The van der Waals surface area contributed by atoms with E-state index in [4.69, 9.17) is 5.11 Å². The van der Waals surface area contributed by atoms with Crippen LogP contribution in [0.3, 0.4) is 0 Å². The van der Waals surface area contributed by atoms with Crippen molar-refractivity contribution in [3.63, 3.8) is 0 Å². The van der Waals surface area contributed by atoms with Crippen LogP contribution in [0.25, 0.3) is 0 Å². The number of quaternary nitrogens is 1. The number of hydrogen-bond acceptors (Lipinski definition) is 2. The lowest BCUT2D eigenvalue weighted by Crippen LogP contribution is -2.68. The Bertz CT molecular complexity index is 301. The smallest absolute Gasteiger partial charge is 0.278 e. The number of benzene rings is 1. The van der Waals surface area contributed by atoms with Crippen molar-refractivity contribution in [2.24, 2.45) is 0 Å². The fourth-order valence-corrected chi connectivity index (χ4v) is 1.31. The maximum absolute atomic E-state index is 11.4. The third-order valence-electron chi connectivity index (χ3n) is 2.11. The van der Waals surface area contributed by atoms with Gasteiger partial charge in [-0.3, -0.25) is 4.79 Å². The topological polar surface area (TPSA) is 77.0 Å². The Labute approximate surface area is 89.1 Å². The Balaban J connectivity index is 2.41. The SMILES string of the molecule is [NH3+][C@@H](Cc1ccccc1)C(=O)NCCO. The van der Waals surface area contributed by atoms with Crippen molar-refractivity contribution < 1.29 is 15.6 Å². The second-order valence-corrected chi connectivity index (χ2v) is 3.40. The summed E-state index contributed by atoms with van der Waals surface area (Å²) >= 11 is 0. The van der Waals surface area contributed by atoms with Gasteiger partial charge in [-0.15, -0.1) is 0 Å². The van der Waals surface area contributed by atoms with Gasteiger partial charge in [-0.25, -0.2) is 0 Å². The van der Waals surface area contributed by atoms with E-state index in [1.54, 1.807) is 0 Å². The first-order chi connectivity index (χ1) is 7.24. The molecule has 4 nitrogen and oxygen atoms in total. The van der Waals surface area contributed by atoms with Crippen molar-refractivity contribution in [1.29, 1.82) is 0 Å². The molecule has 0 fully saturated rings. The van der Waals surface area contributed by atoms with Crippen molar-refractivity contribution in [2.75, 3.05) is 13.2 Å². The van der Waals surface area contributed by atoms with E-state index in [2.05, 4.69) is 11.1 Å². The van der Waals surface area contributed by atoms with E-state index in [9.17, 15) is 4.79 Å². The molecule has 0 radical (unpaired) electrons. The van der Waals surface area contributed by atoms with Crippen LogP contribution in [0.1, 0.15) is 5.56 Å². The van der Waals surface area contributed by atoms with E-state index >= 15 is 0 Å². The van der Waals surface area contributed by atoms with Crippen LogP contribution in [0.5, 0.6) is 0 Å². The molecule has 0 heterocycles. The fourth-order valence-electron chi connectivity index (χ4n) is 1.31. The minimum Gasteiger partial charge on any atom is -0.395 e. The first-order valence-electron chi connectivity index (χ1n) is 4.99. The van der Waals surface area contributed by atoms with Crippen molar-refractivity contribution in [1.82, 2.24) is 5.32 Å². The van der Waals surface area contributed by atoms with Crippen molar-refractivity contribution >= 4 is 5.91 Å². The number of nitrogens with one attached hydrogen (secondary N) is 1. The van der Waals surface area contributed by atoms with Crippen molar-refractivity contribution in [3.05, 3.63) is 35.9 Å². The highest BCUT2D eigenvalue weighted by atomic mass is 16.3. The molecule has 82 valence electrons. The summed E-state index contributed by atoms with van der Waals surface area (Å²) in [5.74, 6) is -0.118. The number of rotatable bonds is 5. The highest BCUT2D eigenvalue weighted by Gasteiger charge is 2.16. The largest absolute Gasteiger partial charge is 0.395 e. The lowest BCUT2D eigenvalue weighted by molar-refractivity contribution is -0.403. The number of amides is 1. The third kappa shape index (κ3) is 4.10. The second kappa shape index (κ2) is 6.16. The summed E-state index contributed by atoms with van der Waals surface area (Å²) in [5.41, 5.74) is 4.89. The maximum Gasteiger partial charge on any atom is 0.278 e. The van der Waals surface area contributed by atoms with Gasteiger partial charge < -0.3 is 16.2 Å². The Kier molecular flexibility index (Phi) is 4.80. The number of aliphatic hydroxyl groups is 1. The van der Waals surface area contributed by atoms with Crippen molar-refractivity contribution in [2.45, 2.75) is 12.5 Å². The molecule has 0 unspecified atom stereocenters. The molecule has 0 aliphatic carbocycles. The second-order valence-electron chi connectivity index (χ2n) is 3.40. The molecule has 4 heteroatoms. The van der Waals surface area contributed by atoms with Crippen LogP contribution < -0.4 is 11.1 Å². The number of aliphatic hydroxyl groups excluding tert-OH is 1. The van der Waals surface area contributed by atoms with Crippen molar-refractivity contribution in [3.8, 4) is 0 Å². The van der Waals surface area contributed by atoms with Gasteiger partial charge in [-0.05, 0) is 5.56 Å². The summed E-state index contributed by atoms with van der Waals surface area (Å²) in [7, 11) is 0. The summed E-state index contributed by atoms with van der Waals surface area (Å²) in [6.45, 7) is 0.253. The summed E-state index contributed by atoms with van der Waals surface area (Å²) in [6, 6.07) is 9.45. The van der Waals surface area contributed by atoms with Gasteiger partial charge in [0.05, 0.1) is 6.61 Å². The minimum atomic E-state index is -0.307. The molecule has 0 bridgehead atoms. The molecule has 0 spiro atoms. The van der Waals surface area contributed by atoms with Gasteiger partial charge in [0.25, 0.3) is 5.91 Å². The predicted molar refractivity (Wildman–Crippen MR) is 56.9 cm³/mol. The Hall–Kier alpha value is -1.39. The molecule has 15 heavy (non-hydrogen) atoms. The molecule has 0 saturated carbocycles. The zero-order valence-corrected chi connectivity index (χ0v) is 8.65. The van der Waals surface area contributed by atoms with E-state index in [0.717, 1.165) is 5.56 Å². The predicted octanol–water partition coefficient (Wildman–Crippen LogP) is -1.05. The van der Waals surface area contributed by atoms with E-state index in [-0.39, 0.29) is 18.6 Å². The quantitative estimate of drug-likeness (QED) is 0.578. The molecule has 0 aliphatic heterocycles. The Morgan fingerprint density at radius 2 is 2.07 bits per heavy atom. The molecule has 1 aromatic carbocycles. The fraction of sp³-hybridized carbons (Fsp3) is 0.364. The standard InChI is InChI=1S/C11H16N2O2/c12-10(11(15)13-6-7-14)8-9-4-2-1-3-5-9/h1-5,10,14H,6-8,12H2,(H,13,15)/p+1/t10-/m0/s1. The molecular formula is C11H17N2O2+. The van der Waals surface area contributed by atoms with Crippen LogP contribution >= 0.6 is 0 Å². The van der Waals surface area contributed by atoms with Crippen LogP contribution in [0.4, 0.5) is 0 Å². The van der Waals surface area contributed by atoms with Gasteiger partial charge in [-0.1, -0.05) is 30.3 Å². The van der Waals surface area contributed by atoms with Crippen LogP contribution in [0.2, 0.25) is 0 Å². The van der Waals surface area contributed by atoms with E-state index < -0.39 is 0 Å². The van der Waals surface area contributed by atoms with E-state index in [1.165, 1.54) is 0 Å². The molecule has 1 amide bonds. The zero-order chi connectivity index (χ0) is 11.1.